The van der Waals surface area contributed by atoms with Crippen molar-refractivity contribution in [3.63, 3.8) is 0 Å². The molecule has 0 unspecified atom stereocenters. The highest BCUT2D eigenvalue weighted by Crippen LogP contribution is 2.39. The number of rotatable bonds is 4. The first kappa shape index (κ1) is 21.5. The molecule has 0 aliphatic carbocycles. The Labute approximate surface area is 172 Å². The van der Waals surface area contributed by atoms with Crippen molar-refractivity contribution in [3.8, 4) is 0 Å². The molecule has 3 rings (SSSR count). The van der Waals surface area contributed by atoms with E-state index in [0.717, 1.165) is 9.87 Å². The molecular formula is C22H27NO5S. The Morgan fingerprint density at radius 1 is 1.10 bits per heavy atom. The number of hydrogen-bond donors (Lipinski definition) is 1. The summed E-state index contributed by atoms with van der Waals surface area (Å²) in [7, 11) is -4.01. The van der Waals surface area contributed by atoms with Gasteiger partial charge in [-0.15, -0.1) is 0 Å². The molecule has 1 aliphatic rings. The minimum absolute atomic E-state index is 0.0724. The van der Waals surface area contributed by atoms with Crippen LogP contribution >= 0.6 is 0 Å². The van der Waals surface area contributed by atoms with Crippen LogP contribution in [0.15, 0.2) is 59.5 Å². The van der Waals surface area contributed by atoms with Crippen LogP contribution in [0.2, 0.25) is 0 Å². The summed E-state index contributed by atoms with van der Waals surface area (Å²) in [5, 5.41) is 11.3. The van der Waals surface area contributed by atoms with Crippen LogP contribution in [-0.4, -0.2) is 42.0 Å². The lowest BCUT2D eigenvalue weighted by Gasteiger charge is -2.26. The summed E-state index contributed by atoms with van der Waals surface area (Å²) in [6, 6.07) is 14.1. The van der Waals surface area contributed by atoms with Crippen LogP contribution in [0.3, 0.4) is 0 Å². The molecule has 6 nitrogen and oxygen atoms in total. The van der Waals surface area contributed by atoms with Crippen LogP contribution in [0, 0.1) is 6.92 Å². The Hall–Kier alpha value is -2.22. The van der Waals surface area contributed by atoms with Crippen LogP contribution in [0.1, 0.15) is 38.3 Å². The summed E-state index contributed by atoms with van der Waals surface area (Å²) in [6.45, 7) is 6.81. The van der Waals surface area contributed by atoms with Crippen molar-refractivity contribution in [1.29, 1.82) is 0 Å². The van der Waals surface area contributed by atoms with E-state index >= 15 is 0 Å². The number of carbonyl (C=O) groups is 1. The molecule has 1 N–H and O–H groups in total. The highest BCUT2D eigenvalue weighted by Gasteiger charge is 2.52. The van der Waals surface area contributed by atoms with Gasteiger partial charge in [-0.25, -0.2) is 8.42 Å². The zero-order valence-corrected chi connectivity index (χ0v) is 17.9. The number of sulfonamides is 1. The number of aliphatic hydroxyl groups is 1. The Morgan fingerprint density at radius 2 is 1.69 bits per heavy atom. The van der Waals surface area contributed by atoms with E-state index in [1.807, 2.05) is 13.0 Å². The molecular weight excluding hydrogens is 390 g/mol. The second kappa shape index (κ2) is 7.55. The molecule has 1 saturated heterocycles. The number of nitrogens with zero attached hydrogens (tertiary/aromatic N) is 1. The van der Waals surface area contributed by atoms with E-state index in [4.69, 9.17) is 4.74 Å². The SMILES string of the molecule is Cc1ccc(S(=O)(=O)N2C[C@](O)(c3ccccc3)C[C@H]2C(=O)OC(C)(C)C)cc1. The van der Waals surface area contributed by atoms with Gasteiger partial charge >= 0.3 is 5.97 Å². The maximum absolute atomic E-state index is 13.4. The molecule has 0 radical (unpaired) electrons. The fraction of sp³-hybridized carbons (Fsp3) is 0.409. The van der Waals surface area contributed by atoms with Crippen molar-refractivity contribution in [2.45, 2.75) is 56.3 Å². The smallest absolute Gasteiger partial charge is 0.325 e. The fourth-order valence-corrected chi connectivity index (χ4v) is 5.11. The molecule has 2 atom stereocenters. The second-order valence-electron chi connectivity index (χ2n) is 8.51. The number of carbonyl (C=O) groups excluding carboxylic acids is 1. The summed E-state index contributed by atoms with van der Waals surface area (Å²) in [4.78, 5) is 13.0. The van der Waals surface area contributed by atoms with Gasteiger partial charge in [-0.3, -0.25) is 4.79 Å². The van der Waals surface area contributed by atoms with Crippen molar-refractivity contribution < 1.29 is 23.1 Å². The van der Waals surface area contributed by atoms with Crippen LogP contribution in [0.25, 0.3) is 0 Å². The van der Waals surface area contributed by atoms with Crippen molar-refractivity contribution >= 4 is 16.0 Å². The van der Waals surface area contributed by atoms with Gasteiger partial charge in [0.05, 0.1) is 4.90 Å². The Kier molecular flexibility index (Phi) is 5.60. The van der Waals surface area contributed by atoms with Gasteiger partial charge in [0.25, 0.3) is 0 Å². The number of β-amino-alcohol motifs (C(OH)–C–C–N with tert-alkyl or cyclic N) is 1. The van der Waals surface area contributed by atoms with Crippen LogP contribution in [0.4, 0.5) is 0 Å². The molecule has 7 heteroatoms. The lowest BCUT2D eigenvalue weighted by atomic mass is 9.91. The monoisotopic (exact) mass is 417 g/mol. The Bertz CT molecular complexity index is 980. The largest absolute Gasteiger partial charge is 0.459 e. The summed E-state index contributed by atoms with van der Waals surface area (Å²) in [5.41, 5.74) is -0.769. The van der Waals surface area contributed by atoms with Gasteiger partial charge in [-0.05, 0) is 45.4 Å². The number of esters is 1. The van der Waals surface area contributed by atoms with Gasteiger partial charge in [0, 0.05) is 13.0 Å². The van der Waals surface area contributed by atoms with E-state index in [-0.39, 0.29) is 17.9 Å². The van der Waals surface area contributed by atoms with Gasteiger partial charge in [-0.2, -0.15) is 4.31 Å². The highest BCUT2D eigenvalue weighted by atomic mass is 32.2. The fourth-order valence-electron chi connectivity index (χ4n) is 3.48. The van der Waals surface area contributed by atoms with Crippen LogP contribution in [0.5, 0.6) is 0 Å². The van der Waals surface area contributed by atoms with Gasteiger partial charge < -0.3 is 9.84 Å². The molecule has 0 amide bonds. The molecule has 29 heavy (non-hydrogen) atoms. The van der Waals surface area contributed by atoms with Crippen LogP contribution in [-0.2, 0) is 25.2 Å². The third kappa shape index (κ3) is 4.52. The van der Waals surface area contributed by atoms with Crippen molar-refractivity contribution in [3.05, 3.63) is 65.7 Å². The summed E-state index contributed by atoms with van der Waals surface area (Å²) in [5.74, 6) is -0.667. The molecule has 2 aromatic rings. The van der Waals surface area contributed by atoms with Crippen molar-refractivity contribution in [2.24, 2.45) is 0 Å². The maximum atomic E-state index is 13.4. The molecule has 1 fully saturated rings. The minimum Gasteiger partial charge on any atom is -0.459 e. The topological polar surface area (TPSA) is 83.9 Å². The average molecular weight is 418 g/mol. The predicted octanol–water partition coefficient (Wildman–Crippen LogP) is 2.99. The highest BCUT2D eigenvalue weighted by molar-refractivity contribution is 7.89. The van der Waals surface area contributed by atoms with E-state index in [1.165, 1.54) is 12.1 Å². The third-order valence-corrected chi connectivity index (χ3v) is 6.78. The lowest BCUT2D eigenvalue weighted by molar-refractivity contribution is -0.159. The minimum atomic E-state index is -4.01. The molecule has 1 aliphatic heterocycles. The van der Waals surface area contributed by atoms with E-state index in [0.29, 0.717) is 5.56 Å². The summed E-state index contributed by atoms with van der Waals surface area (Å²) in [6.07, 6.45) is -0.0724. The lowest BCUT2D eigenvalue weighted by Crippen LogP contribution is -2.43. The quantitative estimate of drug-likeness (QED) is 0.773. The van der Waals surface area contributed by atoms with E-state index in [9.17, 15) is 18.3 Å². The first-order chi connectivity index (χ1) is 13.4. The second-order valence-corrected chi connectivity index (χ2v) is 10.4. The molecule has 1 heterocycles. The first-order valence-electron chi connectivity index (χ1n) is 9.52. The molecule has 2 aromatic carbocycles. The maximum Gasteiger partial charge on any atom is 0.325 e. The van der Waals surface area contributed by atoms with Gasteiger partial charge in [0.15, 0.2) is 0 Å². The molecule has 156 valence electrons. The van der Waals surface area contributed by atoms with Crippen molar-refractivity contribution in [1.82, 2.24) is 4.31 Å². The molecule has 0 aromatic heterocycles. The zero-order valence-electron chi connectivity index (χ0n) is 17.1. The summed E-state index contributed by atoms with van der Waals surface area (Å²) >= 11 is 0. The summed E-state index contributed by atoms with van der Waals surface area (Å²) < 4.78 is 33.2. The van der Waals surface area contributed by atoms with E-state index in [2.05, 4.69) is 0 Å². The number of aryl methyl sites for hydroxylation is 1. The molecule has 0 spiro atoms. The van der Waals surface area contributed by atoms with E-state index in [1.54, 1.807) is 57.2 Å². The predicted molar refractivity (Wildman–Crippen MR) is 110 cm³/mol. The average Bonchev–Trinajstić information content (AvgIpc) is 3.02. The van der Waals surface area contributed by atoms with Crippen molar-refractivity contribution in [2.75, 3.05) is 6.54 Å². The van der Waals surface area contributed by atoms with Gasteiger partial charge in [0.1, 0.15) is 17.2 Å². The normalized spacial score (nSPS) is 23.1. The van der Waals surface area contributed by atoms with Gasteiger partial charge in [0.2, 0.25) is 10.0 Å². The molecule has 0 saturated carbocycles. The Balaban J connectivity index is 2.03. The van der Waals surface area contributed by atoms with Crippen LogP contribution < -0.4 is 0 Å². The first-order valence-corrected chi connectivity index (χ1v) is 11.0. The standard InChI is InChI=1S/C22H27NO5S/c1-16-10-12-18(13-11-16)29(26,27)23-15-22(25,17-8-6-5-7-9-17)14-19(23)20(24)28-21(2,3)4/h5-13,19,25H,14-15H2,1-4H3/t19-,22-/m0/s1. The van der Waals surface area contributed by atoms with E-state index < -0.39 is 33.2 Å². The third-order valence-electron chi connectivity index (χ3n) is 4.91. The molecule has 0 bridgehead atoms. The number of hydrogen-bond acceptors (Lipinski definition) is 5. The Morgan fingerprint density at radius 3 is 2.24 bits per heavy atom. The number of benzene rings is 2. The van der Waals surface area contributed by atoms with Gasteiger partial charge in [-0.1, -0.05) is 48.0 Å². The zero-order chi connectivity index (χ0) is 21.4. The number of ether oxygens (including phenoxy) is 1.